The smallest absolute Gasteiger partial charge is 0.315 e. The first-order valence-electron chi connectivity index (χ1n) is 10.7. The van der Waals surface area contributed by atoms with Crippen LogP contribution in [0.5, 0.6) is 11.5 Å². The minimum Gasteiger partial charge on any atom is -0.457 e. The highest BCUT2D eigenvalue weighted by molar-refractivity contribution is 9.10. The second kappa shape index (κ2) is 10.3. The molecule has 0 aliphatic heterocycles. The van der Waals surface area contributed by atoms with E-state index < -0.39 is 18.0 Å². The molecular weight excluding hydrogens is 518 g/mol. The van der Waals surface area contributed by atoms with E-state index in [1.54, 1.807) is 42.5 Å². The number of carbonyl (C=O) groups is 1. The third-order valence-corrected chi connectivity index (χ3v) is 6.07. The monoisotopic (exact) mass is 537 g/mol. The van der Waals surface area contributed by atoms with Gasteiger partial charge in [0.15, 0.2) is 10.3 Å². The summed E-state index contributed by atoms with van der Waals surface area (Å²) in [7, 11) is 0. The second-order valence-corrected chi connectivity index (χ2v) is 9.27. The van der Waals surface area contributed by atoms with Crippen LogP contribution < -0.4 is 4.74 Å². The summed E-state index contributed by atoms with van der Waals surface area (Å²) in [5, 5.41) is 11.0. The molecule has 0 saturated heterocycles. The summed E-state index contributed by atoms with van der Waals surface area (Å²) in [6.07, 6.45) is -1.09. The van der Waals surface area contributed by atoms with Gasteiger partial charge in [0.1, 0.15) is 17.6 Å². The van der Waals surface area contributed by atoms with Gasteiger partial charge in [-0.15, -0.1) is 0 Å². The van der Waals surface area contributed by atoms with Crippen molar-refractivity contribution in [2.24, 2.45) is 5.92 Å². The summed E-state index contributed by atoms with van der Waals surface area (Å²) in [6.45, 7) is 3.86. The summed E-state index contributed by atoms with van der Waals surface area (Å²) in [4.78, 5) is 13.4. The molecule has 4 rings (SSSR count). The molecule has 0 radical (unpaired) electrons. The molecule has 0 bridgehead atoms. The molecule has 1 aromatic heterocycles. The summed E-state index contributed by atoms with van der Waals surface area (Å²) >= 11 is 9.61. The van der Waals surface area contributed by atoms with Crippen molar-refractivity contribution >= 4 is 44.5 Å². The Morgan fingerprint density at radius 3 is 2.47 bits per heavy atom. The highest BCUT2D eigenvalue weighted by Gasteiger charge is 2.31. The van der Waals surface area contributed by atoms with Crippen LogP contribution in [0, 0.1) is 17.2 Å². The van der Waals surface area contributed by atoms with Gasteiger partial charge in [-0.3, -0.25) is 4.79 Å². The SMILES string of the molecule is CC(C)C(C(=O)OC(C#N)c1cccc(Oc2ccccc2)c1)c1ccc(Cl)c2oc(Br)cc12. The lowest BCUT2D eigenvalue weighted by molar-refractivity contribution is -0.149. The van der Waals surface area contributed by atoms with Crippen LogP contribution in [0.4, 0.5) is 0 Å². The molecule has 3 aromatic carbocycles. The van der Waals surface area contributed by atoms with Crippen molar-refractivity contribution in [3.8, 4) is 17.6 Å². The van der Waals surface area contributed by atoms with Gasteiger partial charge in [-0.05, 0) is 63.8 Å². The first-order chi connectivity index (χ1) is 16.4. The highest BCUT2D eigenvalue weighted by atomic mass is 79.9. The van der Waals surface area contributed by atoms with Gasteiger partial charge in [-0.1, -0.05) is 61.8 Å². The van der Waals surface area contributed by atoms with Crippen molar-refractivity contribution in [3.63, 3.8) is 0 Å². The number of esters is 1. The van der Waals surface area contributed by atoms with Gasteiger partial charge < -0.3 is 13.9 Å². The zero-order chi connectivity index (χ0) is 24.2. The van der Waals surface area contributed by atoms with Crippen LogP contribution in [0.25, 0.3) is 11.0 Å². The zero-order valence-electron chi connectivity index (χ0n) is 18.5. The Kier molecular flexibility index (Phi) is 7.26. The van der Waals surface area contributed by atoms with Gasteiger partial charge in [0, 0.05) is 10.9 Å². The number of hydrogen-bond donors (Lipinski definition) is 0. The van der Waals surface area contributed by atoms with Crippen molar-refractivity contribution in [2.75, 3.05) is 0 Å². The van der Waals surface area contributed by atoms with Crippen molar-refractivity contribution < 1.29 is 18.7 Å². The fourth-order valence-electron chi connectivity index (χ4n) is 3.83. The van der Waals surface area contributed by atoms with Crippen LogP contribution in [0.15, 0.2) is 81.9 Å². The molecule has 0 saturated carbocycles. The Morgan fingerprint density at radius 1 is 1.03 bits per heavy atom. The van der Waals surface area contributed by atoms with E-state index in [9.17, 15) is 10.1 Å². The molecule has 0 spiro atoms. The van der Waals surface area contributed by atoms with Gasteiger partial charge in [-0.2, -0.15) is 5.26 Å². The summed E-state index contributed by atoms with van der Waals surface area (Å²) < 4.78 is 17.7. The fourth-order valence-corrected chi connectivity index (χ4v) is 4.43. The van der Waals surface area contributed by atoms with Crippen LogP contribution in [-0.2, 0) is 9.53 Å². The van der Waals surface area contributed by atoms with E-state index in [2.05, 4.69) is 22.0 Å². The van der Waals surface area contributed by atoms with E-state index >= 15 is 0 Å². The summed E-state index contributed by atoms with van der Waals surface area (Å²) in [5.41, 5.74) is 1.75. The molecule has 4 aromatic rings. The van der Waals surface area contributed by atoms with E-state index in [1.165, 1.54) is 0 Å². The van der Waals surface area contributed by atoms with Crippen LogP contribution in [-0.4, -0.2) is 5.97 Å². The molecule has 34 heavy (non-hydrogen) atoms. The lowest BCUT2D eigenvalue weighted by Gasteiger charge is -2.22. The third kappa shape index (κ3) is 5.11. The van der Waals surface area contributed by atoms with Crippen molar-refractivity contribution in [2.45, 2.75) is 25.9 Å². The number of benzene rings is 3. The maximum absolute atomic E-state index is 13.4. The summed E-state index contributed by atoms with van der Waals surface area (Å²) in [6, 6.07) is 23.7. The zero-order valence-corrected chi connectivity index (χ0v) is 20.8. The first-order valence-corrected chi connectivity index (χ1v) is 11.8. The van der Waals surface area contributed by atoms with Gasteiger partial charge in [0.05, 0.1) is 10.9 Å². The predicted molar refractivity (Wildman–Crippen MR) is 134 cm³/mol. The van der Waals surface area contributed by atoms with E-state index in [0.717, 1.165) is 10.9 Å². The van der Waals surface area contributed by atoms with Crippen molar-refractivity contribution in [1.82, 2.24) is 0 Å². The van der Waals surface area contributed by atoms with Crippen molar-refractivity contribution in [3.05, 3.63) is 93.6 Å². The predicted octanol–water partition coefficient (Wildman–Crippen LogP) is 8.19. The number of rotatable bonds is 7. The quantitative estimate of drug-likeness (QED) is 0.222. The molecule has 0 amide bonds. The lowest BCUT2D eigenvalue weighted by atomic mass is 9.86. The topological polar surface area (TPSA) is 72.5 Å². The van der Waals surface area contributed by atoms with E-state index in [1.807, 2.05) is 44.2 Å². The number of ether oxygens (including phenoxy) is 2. The second-order valence-electron chi connectivity index (χ2n) is 8.09. The number of hydrogen-bond acceptors (Lipinski definition) is 5. The molecule has 0 aliphatic carbocycles. The number of nitrogens with zero attached hydrogens (tertiary/aromatic N) is 1. The average molecular weight is 539 g/mol. The minimum atomic E-state index is -1.09. The van der Waals surface area contributed by atoms with Gasteiger partial charge in [0.2, 0.25) is 6.10 Å². The van der Waals surface area contributed by atoms with Crippen molar-refractivity contribution in [1.29, 1.82) is 5.26 Å². The highest BCUT2D eigenvalue weighted by Crippen LogP contribution is 2.39. The molecule has 1 heterocycles. The Balaban J connectivity index is 1.61. The molecule has 0 aliphatic rings. The Hall–Kier alpha value is -3.27. The average Bonchev–Trinajstić information content (AvgIpc) is 3.22. The number of halogens is 2. The molecule has 2 unspecified atom stereocenters. The molecule has 172 valence electrons. The number of furan rings is 1. The number of carbonyl (C=O) groups excluding carboxylic acids is 1. The standard InChI is InChI=1S/C27H21BrClNO4/c1-16(2)25(20-11-12-22(29)26-21(20)14-24(28)34-26)27(31)33-23(15-30)17-7-6-10-19(13-17)32-18-8-4-3-5-9-18/h3-14,16,23,25H,1-2H3. The molecule has 0 fully saturated rings. The van der Waals surface area contributed by atoms with Gasteiger partial charge in [0.25, 0.3) is 0 Å². The Labute approximate surface area is 211 Å². The van der Waals surface area contributed by atoms with E-state index in [4.69, 9.17) is 25.5 Å². The van der Waals surface area contributed by atoms with Crippen LogP contribution in [0.3, 0.4) is 0 Å². The Bertz CT molecular complexity index is 1360. The lowest BCUT2D eigenvalue weighted by Crippen LogP contribution is -2.23. The molecule has 5 nitrogen and oxygen atoms in total. The Morgan fingerprint density at radius 2 is 1.76 bits per heavy atom. The maximum atomic E-state index is 13.4. The molecular formula is C27H21BrClNO4. The molecule has 2 atom stereocenters. The largest absolute Gasteiger partial charge is 0.457 e. The van der Waals surface area contributed by atoms with Crippen LogP contribution in [0.2, 0.25) is 5.02 Å². The molecule has 7 heteroatoms. The van der Waals surface area contributed by atoms with E-state index in [-0.39, 0.29) is 5.92 Å². The number of fused-ring (bicyclic) bond motifs is 1. The van der Waals surface area contributed by atoms with E-state index in [0.29, 0.717) is 32.3 Å². The number of nitriles is 1. The normalized spacial score (nSPS) is 12.8. The molecule has 0 N–H and O–H groups in total. The minimum absolute atomic E-state index is 0.0994. The van der Waals surface area contributed by atoms with Crippen LogP contribution in [0.1, 0.15) is 37.0 Å². The van der Waals surface area contributed by atoms with Gasteiger partial charge in [-0.25, -0.2) is 0 Å². The fraction of sp³-hybridized carbons (Fsp3) is 0.185. The van der Waals surface area contributed by atoms with Gasteiger partial charge >= 0.3 is 5.97 Å². The summed E-state index contributed by atoms with van der Waals surface area (Å²) in [5.74, 6) is -0.00972. The first kappa shape index (κ1) is 23.9. The third-order valence-electron chi connectivity index (χ3n) is 5.39. The van der Waals surface area contributed by atoms with Crippen LogP contribution >= 0.6 is 27.5 Å². The maximum Gasteiger partial charge on any atom is 0.315 e. The number of para-hydroxylation sites is 1.